The molecule has 1 atom stereocenters. The first-order valence-corrected chi connectivity index (χ1v) is 10.8. The number of likely N-dealkylation sites (N-methyl/N-ethyl adjacent to an activating group) is 1. The van der Waals surface area contributed by atoms with Crippen molar-refractivity contribution in [2.75, 3.05) is 12.4 Å². The summed E-state index contributed by atoms with van der Waals surface area (Å²) < 4.78 is 0.754. The highest BCUT2D eigenvalue weighted by Gasteiger charge is 2.24. The van der Waals surface area contributed by atoms with Crippen LogP contribution in [0.15, 0.2) is 12.1 Å². The number of hydrogen-bond acceptors (Lipinski definition) is 5. The number of nitriles is 1. The number of nitrogens with zero attached hydrogens (tertiary/aromatic N) is 2. The van der Waals surface area contributed by atoms with E-state index < -0.39 is 0 Å². The molecule has 26 heavy (non-hydrogen) atoms. The van der Waals surface area contributed by atoms with E-state index in [2.05, 4.69) is 11.4 Å². The molecule has 2 heterocycles. The fourth-order valence-electron chi connectivity index (χ4n) is 3.18. The van der Waals surface area contributed by atoms with Gasteiger partial charge in [-0.25, -0.2) is 0 Å². The zero-order valence-corrected chi connectivity index (χ0v) is 17.4. The highest BCUT2D eigenvalue weighted by Crippen LogP contribution is 2.37. The Morgan fingerprint density at radius 2 is 2.12 bits per heavy atom. The number of aryl methyl sites for hydroxylation is 1. The number of carbonyl (C=O) groups is 1. The zero-order chi connectivity index (χ0) is 18.7. The number of nitrogens with one attached hydrogen (secondary N) is 1. The van der Waals surface area contributed by atoms with E-state index in [1.165, 1.54) is 22.6 Å². The van der Waals surface area contributed by atoms with Crippen molar-refractivity contribution in [3.63, 3.8) is 0 Å². The predicted octanol–water partition coefficient (Wildman–Crippen LogP) is 5.06. The molecule has 2 aromatic heterocycles. The number of thiophene rings is 2. The second-order valence-corrected chi connectivity index (χ2v) is 9.57. The number of halogens is 1. The van der Waals surface area contributed by atoms with Crippen molar-refractivity contribution < 1.29 is 4.79 Å². The van der Waals surface area contributed by atoms with E-state index in [-0.39, 0.29) is 11.9 Å². The van der Waals surface area contributed by atoms with Crippen LogP contribution in [-0.2, 0) is 24.2 Å². The van der Waals surface area contributed by atoms with Crippen LogP contribution < -0.4 is 5.32 Å². The molecule has 1 aliphatic carbocycles. The van der Waals surface area contributed by atoms with Crippen molar-refractivity contribution in [2.24, 2.45) is 0 Å². The van der Waals surface area contributed by atoms with Crippen LogP contribution in [0, 0.1) is 11.3 Å². The number of amides is 1. The van der Waals surface area contributed by atoms with Crippen molar-refractivity contribution in [1.82, 2.24) is 4.90 Å². The molecule has 0 unspecified atom stereocenters. The minimum atomic E-state index is -0.302. The first-order chi connectivity index (χ1) is 12.5. The van der Waals surface area contributed by atoms with Crippen LogP contribution in [0.25, 0.3) is 0 Å². The van der Waals surface area contributed by atoms with Gasteiger partial charge in [0.1, 0.15) is 11.1 Å². The minimum absolute atomic E-state index is 0.0805. The van der Waals surface area contributed by atoms with Gasteiger partial charge in [0.05, 0.1) is 15.9 Å². The van der Waals surface area contributed by atoms with E-state index in [0.29, 0.717) is 17.1 Å². The molecule has 0 saturated carbocycles. The first kappa shape index (κ1) is 19.4. The Bertz CT molecular complexity index is 836. The third kappa shape index (κ3) is 4.29. The van der Waals surface area contributed by atoms with Gasteiger partial charge in [0, 0.05) is 16.3 Å². The van der Waals surface area contributed by atoms with Gasteiger partial charge in [-0.15, -0.1) is 22.7 Å². The van der Waals surface area contributed by atoms with E-state index in [4.69, 9.17) is 11.6 Å². The van der Waals surface area contributed by atoms with Gasteiger partial charge in [-0.3, -0.25) is 9.69 Å². The van der Waals surface area contributed by atoms with Gasteiger partial charge in [-0.2, -0.15) is 5.26 Å². The summed E-state index contributed by atoms with van der Waals surface area (Å²) >= 11 is 9.08. The lowest BCUT2D eigenvalue weighted by atomic mass is 10.1. The summed E-state index contributed by atoms with van der Waals surface area (Å²) in [5, 5.41) is 13.3. The number of fused-ring (bicyclic) bond motifs is 1. The van der Waals surface area contributed by atoms with Crippen molar-refractivity contribution in [2.45, 2.75) is 51.6 Å². The maximum Gasteiger partial charge on any atom is 0.242 e. The smallest absolute Gasteiger partial charge is 0.242 e. The molecule has 1 amide bonds. The number of carbonyl (C=O) groups excluding carboxylic acids is 1. The maximum atomic E-state index is 12.7. The van der Waals surface area contributed by atoms with E-state index in [9.17, 15) is 10.1 Å². The summed E-state index contributed by atoms with van der Waals surface area (Å²) in [6.07, 6.45) is 5.45. The van der Waals surface area contributed by atoms with Crippen molar-refractivity contribution >= 4 is 45.2 Å². The molecule has 0 aliphatic heterocycles. The first-order valence-electron chi connectivity index (χ1n) is 8.79. The highest BCUT2D eigenvalue weighted by molar-refractivity contribution is 7.16. The van der Waals surface area contributed by atoms with Crippen LogP contribution in [0.5, 0.6) is 0 Å². The Morgan fingerprint density at radius 3 is 2.81 bits per heavy atom. The van der Waals surface area contributed by atoms with Crippen LogP contribution in [0.2, 0.25) is 4.34 Å². The molecule has 0 spiro atoms. The standard InChI is InChI=1S/C19H22ClN3OS2/c1-12(23(2)11-13-8-9-17(20)25-13)18(24)22-19-15(10-21)14-6-4-3-5-7-16(14)26-19/h8-9,12H,3-7,11H2,1-2H3,(H,22,24)/t12-/m0/s1. The molecule has 0 radical (unpaired) electrons. The van der Waals surface area contributed by atoms with Gasteiger partial charge in [-0.05, 0) is 57.4 Å². The molecule has 4 nitrogen and oxygen atoms in total. The van der Waals surface area contributed by atoms with Gasteiger partial charge in [-0.1, -0.05) is 18.0 Å². The molecule has 7 heteroatoms. The minimum Gasteiger partial charge on any atom is -0.315 e. The van der Waals surface area contributed by atoms with Crippen molar-refractivity contribution in [1.29, 1.82) is 5.26 Å². The molecule has 1 N–H and O–H groups in total. The molecule has 0 fully saturated rings. The van der Waals surface area contributed by atoms with E-state index in [1.807, 2.05) is 31.0 Å². The monoisotopic (exact) mass is 407 g/mol. The summed E-state index contributed by atoms with van der Waals surface area (Å²) in [5.41, 5.74) is 1.82. The Labute approximate surface area is 167 Å². The number of rotatable bonds is 5. The molecule has 138 valence electrons. The molecule has 0 saturated heterocycles. The second-order valence-electron chi connectivity index (χ2n) is 6.67. The average Bonchev–Trinajstić information content (AvgIpc) is 3.08. The SMILES string of the molecule is C[C@@H](C(=O)Nc1sc2c(c1C#N)CCCCC2)N(C)Cc1ccc(Cl)s1. The summed E-state index contributed by atoms with van der Waals surface area (Å²) in [6, 6.07) is 5.87. The van der Waals surface area contributed by atoms with Gasteiger partial charge < -0.3 is 5.32 Å². The molecule has 3 rings (SSSR count). The summed E-state index contributed by atoms with van der Waals surface area (Å²) in [6.45, 7) is 2.55. The van der Waals surface area contributed by atoms with Crippen molar-refractivity contribution in [3.05, 3.63) is 37.4 Å². The lowest BCUT2D eigenvalue weighted by Gasteiger charge is -2.23. The Kier molecular flexibility index (Phi) is 6.36. The predicted molar refractivity (Wildman–Crippen MR) is 109 cm³/mol. The van der Waals surface area contributed by atoms with Gasteiger partial charge in [0.25, 0.3) is 0 Å². The molecule has 0 bridgehead atoms. The molecular weight excluding hydrogens is 386 g/mol. The van der Waals surface area contributed by atoms with Crippen LogP contribution >= 0.6 is 34.3 Å². The van der Waals surface area contributed by atoms with Crippen LogP contribution in [0.3, 0.4) is 0 Å². The fraction of sp³-hybridized carbons (Fsp3) is 0.474. The van der Waals surface area contributed by atoms with Gasteiger partial charge >= 0.3 is 0 Å². The van der Waals surface area contributed by atoms with E-state index >= 15 is 0 Å². The van der Waals surface area contributed by atoms with E-state index in [1.54, 1.807) is 11.3 Å². The molecule has 1 aliphatic rings. The Hall–Kier alpha value is -1.39. The topological polar surface area (TPSA) is 56.1 Å². The summed E-state index contributed by atoms with van der Waals surface area (Å²) in [5.74, 6) is -0.0805. The average molecular weight is 408 g/mol. The third-order valence-corrected chi connectivity index (χ3v) is 7.27. The second kappa shape index (κ2) is 8.53. The Balaban J connectivity index is 1.70. The summed E-state index contributed by atoms with van der Waals surface area (Å²) in [4.78, 5) is 17.1. The van der Waals surface area contributed by atoms with Gasteiger partial charge in [0.2, 0.25) is 5.91 Å². The number of anilines is 1. The molecule has 0 aromatic carbocycles. The lowest BCUT2D eigenvalue weighted by molar-refractivity contribution is -0.120. The highest BCUT2D eigenvalue weighted by atomic mass is 35.5. The fourth-order valence-corrected chi connectivity index (χ4v) is 5.58. The van der Waals surface area contributed by atoms with Crippen LogP contribution in [-0.4, -0.2) is 23.9 Å². The zero-order valence-electron chi connectivity index (χ0n) is 15.0. The normalized spacial score (nSPS) is 15.2. The molecular formula is C19H22ClN3OS2. The quantitative estimate of drug-likeness (QED) is 0.704. The largest absolute Gasteiger partial charge is 0.315 e. The Morgan fingerprint density at radius 1 is 1.35 bits per heavy atom. The maximum absolute atomic E-state index is 12.7. The summed E-state index contributed by atoms with van der Waals surface area (Å²) in [7, 11) is 1.92. The van der Waals surface area contributed by atoms with Gasteiger partial charge in [0.15, 0.2) is 0 Å². The number of hydrogen-bond donors (Lipinski definition) is 1. The lowest BCUT2D eigenvalue weighted by Crippen LogP contribution is -2.39. The van der Waals surface area contributed by atoms with E-state index in [0.717, 1.165) is 40.5 Å². The van der Waals surface area contributed by atoms with Crippen molar-refractivity contribution in [3.8, 4) is 6.07 Å². The molecule has 2 aromatic rings. The third-order valence-electron chi connectivity index (χ3n) is 4.84. The van der Waals surface area contributed by atoms with Crippen LogP contribution in [0.1, 0.15) is 47.1 Å². The van der Waals surface area contributed by atoms with Crippen LogP contribution in [0.4, 0.5) is 5.00 Å².